The SMILES string of the molecule is COc1nn(C(C)C(=O)Nc2ncn(Cc3cccc(F)c3)n2)cc1[N+](=O)[O-]. The summed E-state index contributed by atoms with van der Waals surface area (Å²) in [5, 5.41) is 21.5. The van der Waals surface area contributed by atoms with Crippen LogP contribution < -0.4 is 10.1 Å². The number of nitro groups is 1. The summed E-state index contributed by atoms with van der Waals surface area (Å²) in [6.45, 7) is 1.79. The van der Waals surface area contributed by atoms with Gasteiger partial charge in [0.2, 0.25) is 5.95 Å². The molecule has 0 spiro atoms. The first-order chi connectivity index (χ1) is 13.4. The zero-order valence-electron chi connectivity index (χ0n) is 14.9. The van der Waals surface area contributed by atoms with E-state index in [1.165, 1.54) is 37.2 Å². The fourth-order valence-electron chi connectivity index (χ4n) is 2.42. The van der Waals surface area contributed by atoms with E-state index in [1.54, 1.807) is 12.1 Å². The molecule has 1 atom stereocenters. The Balaban J connectivity index is 1.68. The Bertz CT molecular complexity index is 1020. The van der Waals surface area contributed by atoms with Crippen LogP contribution in [0.2, 0.25) is 0 Å². The quantitative estimate of drug-likeness (QED) is 0.481. The lowest BCUT2D eigenvalue weighted by Gasteiger charge is -2.10. The highest BCUT2D eigenvalue weighted by atomic mass is 19.1. The molecule has 1 aromatic carbocycles. The first-order valence-corrected chi connectivity index (χ1v) is 8.09. The highest BCUT2D eigenvalue weighted by Crippen LogP contribution is 2.26. The Morgan fingerprint density at radius 1 is 1.43 bits per heavy atom. The van der Waals surface area contributed by atoms with Crippen molar-refractivity contribution >= 4 is 17.5 Å². The van der Waals surface area contributed by atoms with Gasteiger partial charge >= 0.3 is 11.6 Å². The van der Waals surface area contributed by atoms with Gasteiger partial charge in [0.05, 0.1) is 18.6 Å². The number of amides is 1. The molecule has 11 nitrogen and oxygen atoms in total. The molecule has 0 radical (unpaired) electrons. The maximum Gasteiger partial charge on any atom is 0.350 e. The number of aromatic nitrogens is 5. The number of hydrogen-bond acceptors (Lipinski definition) is 7. The van der Waals surface area contributed by atoms with Crippen LogP contribution >= 0.6 is 0 Å². The molecule has 0 aliphatic carbocycles. The minimum Gasteiger partial charge on any atom is -0.475 e. The van der Waals surface area contributed by atoms with E-state index < -0.39 is 16.9 Å². The van der Waals surface area contributed by atoms with E-state index in [9.17, 15) is 19.3 Å². The molecule has 1 amide bonds. The number of carbonyl (C=O) groups excluding carboxylic acids is 1. The van der Waals surface area contributed by atoms with Gasteiger partial charge in [-0.2, -0.15) is 0 Å². The smallest absolute Gasteiger partial charge is 0.350 e. The van der Waals surface area contributed by atoms with Gasteiger partial charge < -0.3 is 4.74 Å². The molecule has 1 N–H and O–H groups in total. The molecule has 2 aromatic heterocycles. The van der Waals surface area contributed by atoms with Crippen LogP contribution in [0.3, 0.4) is 0 Å². The minimum absolute atomic E-state index is 0.0434. The Kier molecular flexibility index (Phi) is 5.29. The number of halogens is 1. The summed E-state index contributed by atoms with van der Waals surface area (Å²) >= 11 is 0. The summed E-state index contributed by atoms with van der Waals surface area (Å²) in [7, 11) is 1.25. The first kappa shape index (κ1) is 18.9. The number of nitrogens with zero attached hydrogens (tertiary/aromatic N) is 6. The van der Waals surface area contributed by atoms with E-state index in [1.807, 2.05) is 0 Å². The molecule has 28 heavy (non-hydrogen) atoms. The van der Waals surface area contributed by atoms with E-state index >= 15 is 0 Å². The van der Waals surface area contributed by atoms with Crippen molar-refractivity contribution < 1.29 is 18.8 Å². The van der Waals surface area contributed by atoms with Gasteiger partial charge in [0, 0.05) is 0 Å². The van der Waals surface area contributed by atoms with E-state index in [2.05, 4.69) is 20.5 Å². The molecule has 0 aliphatic rings. The number of hydrogen-bond donors (Lipinski definition) is 1. The number of benzene rings is 1. The zero-order chi connectivity index (χ0) is 20.3. The molecule has 0 saturated heterocycles. The largest absolute Gasteiger partial charge is 0.475 e. The highest BCUT2D eigenvalue weighted by Gasteiger charge is 2.25. The highest BCUT2D eigenvalue weighted by molar-refractivity contribution is 5.91. The van der Waals surface area contributed by atoms with Crippen molar-refractivity contribution in [2.75, 3.05) is 12.4 Å². The molecule has 1 unspecified atom stereocenters. The van der Waals surface area contributed by atoms with Crippen LogP contribution in [0.5, 0.6) is 5.88 Å². The second kappa shape index (κ2) is 7.82. The van der Waals surface area contributed by atoms with E-state index in [0.717, 1.165) is 10.9 Å². The predicted octanol–water partition coefficient (Wildman–Crippen LogP) is 1.78. The molecule has 2 heterocycles. The van der Waals surface area contributed by atoms with Gasteiger partial charge in [0.15, 0.2) is 0 Å². The zero-order valence-corrected chi connectivity index (χ0v) is 14.9. The maximum atomic E-state index is 13.2. The fourth-order valence-corrected chi connectivity index (χ4v) is 2.42. The third-order valence-electron chi connectivity index (χ3n) is 3.85. The summed E-state index contributed by atoms with van der Waals surface area (Å²) in [6, 6.07) is 5.16. The Morgan fingerprint density at radius 2 is 2.21 bits per heavy atom. The van der Waals surface area contributed by atoms with Crippen molar-refractivity contribution in [1.82, 2.24) is 24.5 Å². The molecule has 3 rings (SSSR count). The van der Waals surface area contributed by atoms with Crippen LogP contribution in [-0.4, -0.2) is 42.5 Å². The van der Waals surface area contributed by atoms with E-state index in [4.69, 9.17) is 4.74 Å². The summed E-state index contributed by atoms with van der Waals surface area (Å²) in [5.41, 5.74) is 0.340. The molecule has 0 fully saturated rings. The van der Waals surface area contributed by atoms with Crippen molar-refractivity contribution in [1.29, 1.82) is 0 Å². The van der Waals surface area contributed by atoms with Crippen LogP contribution in [-0.2, 0) is 11.3 Å². The predicted molar refractivity (Wildman–Crippen MR) is 94.3 cm³/mol. The number of carbonyl (C=O) groups is 1. The second-order valence-electron chi connectivity index (χ2n) is 5.82. The molecular formula is C16H16FN7O4. The van der Waals surface area contributed by atoms with Gasteiger partial charge in [-0.05, 0) is 24.6 Å². The van der Waals surface area contributed by atoms with Crippen molar-refractivity contribution in [3.05, 3.63) is 58.3 Å². The summed E-state index contributed by atoms with van der Waals surface area (Å²) in [4.78, 5) is 26.7. The van der Waals surface area contributed by atoms with Gasteiger partial charge in [0.1, 0.15) is 24.4 Å². The van der Waals surface area contributed by atoms with Gasteiger partial charge in [-0.1, -0.05) is 12.1 Å². The van der Waals surface area contributed by atoms with Crippen molar-refractivity contribution in [2.45, 2.75) is 19.5 Å². The fraction of sp³-hybridized carbons (Fsp3) is 0.250. The molecule has 0 aliphatic heterocycles. The first-order valence-electron chi connectivity index (χ1n) is 8.09. The number of methoxy groups -OCH3 is 1. The number of ether oxygens (including phenoxy) is 1. The van der Waals surface area contributed by atoms with Gasteiger partial charge in [0.25, 0.3) is 5.91 Å². The van der Waals surface area contributed by atoms with Crippen molar-refractivity contribution in [3.63, 3.8) is 0 Å². The van der Waals surface area contributed by atoms with Gasteiger partial charge in [-0.15, -0.1) is 10.2 Å². The minimum atomic E-state index is -0.877. The summed E-state index contributed by atoms with van der Waals surface area (Å²) in [6.07, 6.45) is 2.51. The average Bonchev–Trinajstić information content (AvgIpc) is 3.28. The lowest BCUT2D eigenvalue weighted by molar-refractivity contribution is -0.385. The molecule has 0 saturated carbocycles. The van der Waals surface area contributed by atoms with E-state index in [-0.39, 0.29) is 29.9 Å². The summed E-state index contributed by atoms with van der Waals surface area (Å²) < 4.78 is 20.6. The Labute approximate surface area is 157 Å². The lowest BCUT2D eigenvalue weighted by atomic mass is 10.2. The van der Waals surface area contributed by atoms with E-state index in [0.29, 0.717) is 5.56 Å². The van der Waals surface area contributed by atoms with Crippen LogP contribution in [0.1, 0.15) is 18.5 Å². The maximum absolute atomic E-state index is 13.2. The average molecular weight is 389 g/mol. The normalized spacial score (nSPS) is 11.8. The molecule has 146 valence electrons. The third-order valence-corrected chi connectivity index (χ3v) is 3.85. The Morgan fingerprint density at radius 3 is 2.86 bits per heavy atom. The number of nitrogens with one attached hydrogen (secondary N) is 1. The van der Waals surface area contributed by atoms with Crippen LogP contribution in [0, 0.1) is 15.9 Å². The summed E-state index contributed by atoms with van der Waals surface area (Å²) in [5.74, 6) is -1.03. The topological polar surface area (TPSA) is 130 Å². The number of rotatable bonds is 7. The number of anilines is 1. The molecule has 3 aromatic rings. The second-order valence-corrected chi connectivity index (χ2v) is 5.82. The third kappa shape index (κ3) is 4.11. The molecular weight excluding hydrogens is 373 g/mol. The molecule has 12 heteroatoms. The monoisotopic (exact) mass is 389 g/mol. The van der Waals surface area contributed by atoms with Crippen LogP contribution in [0.15, 0.2) is 36.8 Å². The standard InChI is InChI=1S/C16H16FN7O4/c1-10(23-8-13(24(26)27)15(20-23)28-2)14(25)19-16-18-9-22(21-16)7-11-4-3-5-12(17)6-11/h3-6,8-10H,7H2,1-2H3,(H,19,21,25). The van der Waals surface area contributed by atoms with Gasteiger partial charge in [-0.25, -0.2) is 18.7 Å². The van der Waals surface area contributed by atoms with Crippen LogP contribution in [0.25, 0.3) is 0 Å². The lowest BCUT2D eigenvalue weighted by Crippen LogP contribution is -2.24. The van der Waals surface area contributed by atoms with Gasteiger partial charge in [-0.3, -0.25) is 20.2 Å². The van der Waals surface area contributed by atoms with Crippen molar-refractivity contribution in [2.24, 2.45) is 0 Å². The van der Waals surface area contributed by atoms with Crippen molar-refractivity contribution in [3.8, 4) is 5.88 Å². The molecule has 0 bridgehead atoms. The van der Waals surface area contributed by atoms with Crippen LogP contribution in [0.4, 0.5) is 16.0 Å². The Hall–Kier alpha value is -3.83.